The summed E-state index contributed by atoms with van der Waals surface area (Å²) in [5.74, 6) is 0.246. The van der Waals surface area contributed by atoms with Crippen LogP contribution in [0.25, 0.3) is 10.9 Å². The Labute approximate surface area is 215 Å². The molecule has 36 heavy (non-hydrogen) atoms. The number of amides is 1. The topological polar surface area (TPSA) is 204 Å². The molecule has 0 atom stereocenters. The molecule has 2 aromatic heterocycles. The molecule has 1 amide bonds. The molecule has 14 nitrogen and oxygen atoms in total. The summed E-state index contributed by atoms with van der Waals surface area (Å²) in [7, 11) is 3.01. The average molecular weight is 539 g/mol. The third kappa shape index (κ3) is 5.13. The van der Waals surface area contributed by atoms with Crippen LogP contribution in [0.4, 0.5) is 17.6 Å². The second kappa shape index (κ2) is 10.7. The summed E-state index contributed by atoms with van der Waals surface area (Å²) in [6.45, 7) is 1.94. The van der Waals surface area contributed by atoms with E-state index in [2.05, 4.69) is 24.9 Å². The van der Waals surface area contributed by atoms with Crippen molar-refractivity contribution in [3.63, 3.8) is 0 Å². The maximum atomic E-state index is 12.7. The highest BCUT2D eigenvalue weighted by Crippen LogP contribution is 2.31. The zero-order chi connectivity index (χ0) is 25.3. The van der Waals surface area contributed by atoms with E-state index in [9.17, 15) is 9.59 Å². The van der Waals surface area contributed by atoms with Gasteiger partial charge in [0, 0.05) is 32.2 Å². The number of methoxy groups -OCH3 is 2. The van der Waals surface area contributed by atoms with E-state index in [4.69, 9.17) is 38.3 Å². The van der Waals surface area contributed by atoms with Crippen LogP contribution < -0.4 is 42.0 Å². The lowest BCUT2D eigenvalue weighted by Crippen LogP contribution is -2.48. The van der Waals surface area contributed by atoms with E-state index < -0.39 is 11.9 Å². The van der Waals surface area contributed by atoms with E-state index in [1.54, 1.807) is 12.1 Å². The van der Waals surface area contributed by atoms with Crippen molar-refractivity contribution in [2.24, 2.45) is 16.5 Å². The molecule has 0 saturated carbocycles. The Morgan fingerprint density at radius 1 is 1.06 bits per heavy atom. The predicted molar refractivity (Wildman–Crippen MR) is 139 cm³/mol. The minimum Gasteiger partial charge on any atom is -0.493 e. The maximum Gasteiger partial charge on any atom is 0.302 e. The lowest BCUT2D eigenvalue weighted by Gasteiger charge is -2.35. The number of nitrogen functional groups attached to an aromatic ring is 1. The number of hydrogen-bond donors (Lipinski definition) is 4. The number of ether oxygens (including phenoxy) is 2. The van der Waals surface area contributed by atoms with E-state index in [1.165, 1.54) is 14.2 Å². The summed E-state index contributed by atoms with van der Waals surface area (Å²) < 4.78 is 10.6. The van der Waals surface area contributed by atoms with Gasteiger partial charge in [-0.1, -0.05) is 11.6 Å². The van der Waals surface area contributed by atoms with Crippen LogP contribution >= 0.6 is 24.0 Å². The van der Waals surface area contributed by atoms with Crippen molar-refractivity contribution in [3.05, 3.63) is 33.3 Å². The second-order valence-corrected chi connectivity index (χ2v) is 7.86. The van der Waals surface area contributed by atoms with Crippen LogP contribution in [0.15, 0.2) is 21.9 Å². The molecular weight excluding hydrogens is 515 g/mol. The number of rotatable bonds is 5. The Balaban J connectivity index is 0.00000361. The van der Waals surface area contributed by atoms with Gasteiger partial charge >= 0.3 is 5.91 Å². The summed E-state index contributed by atoms with van der Waals surface area (Å²) in [6, 6.07) is 3.25. The molecule has 1 aromatic carbocycles. The Hall–Kier alpha value is -4.04. The summed E-state index contributed by atoms with van der Waals surface area (Å²) in [5.41, 5.74) is 16.3. The van der Waals surface area contributed by atoms with Crippen LogP contribution in [-0.2, 0) is 0 Å². The summed E-state index contributed by atoms with van der Waals surface area (Å²) in [6.07, 6.45) is 0. The first-order valence-electron chi connectivity index (χ1n) is 10.3. The molecule has 4 rings (SSSR count). The van der Waals surface area contributed by atoms with E-state index >= 15 is 0 Å². The van der Waals surface area contributed by atoms with Crippen molar-refractivity contribution in [3.8, 4) is 11.5 Å². The van der Waals surface area contributed by atoms with Crippen LogP contribution in [0.2, 0.25) is 5.15 Å². The second-order valence-electron chi connectivity index (χ2n) is 7.50. The molecule has 3 aromatic rings. The van der Waals surface area contributed by atoms with Crippen LogP contribution in [0, 0.1) is 0 Å². The Kier molecular flexibility index (Phi) is 7.90. The molecule has 0 unspecified atom stereocenters. The Morgan fingerprint density at radius 3 is 2.28 bits per heavy atom. The number of hydrogen-bond acceptors (Lipinski definition) is 10. The highest BCUT2D eigenvalue weighted by Gasteiger charge is 2.25. The number of carbonyl (C=O) groups is 1. The van der Waals surface area contributed by atoms with Gasteiger partial charge in [0.25, 0.3) is 5.56 Å². The van der Waals surface area contributed by atoms with Gasteiger partial charge in [0.2, 0.25) is 5.95 Å². The first-order chi connectivity index (χ1) is 16.7. The average Bonchev–Trinajstić information content (AvgIpc) is 2.84. The van der Waals surface area contributed by atoms with E-state index in [-0.39, 0.29) is 34.6 Å². The Morgan fingerprint density at radius 2 is 1.67 bits per heavy atom. The zero-order valence-electron chi connectivity index (χ0n) is 19.3. The molecule has 0 spiro atoms. The van der Waals surface area contributed by atoms with Gasteiger partial charge in [0.05, 0.1) is 25.1 Å². The summed E-state index contributed by atoms with van der Waals surface area (Å²) >= 11 is 6.28. The number of halogens is 2. The number of piperazine rings is 1. The van der Waals surface area contributed by atoms with Crippen LogP contribution in [0.3, 0.4) is 0 Å². The van der Waals surface area contributed by atoms with Gasteiger partial charge in [-0.3, -0.25) is 14.6 Å². The number of anilines is 3. The van der Waals surface area contributed by atoms with Crippen molar-refractivity contribution < 1.29 is 14.3 Å². The molecule has 1 aliphatic rings. The molecule has 0 aliphatic carbocycles. The van der Waals surface area contributed by atoms with E-state index in [0.29, 0.717) is 60.3 Å². The minimum atomic E-state index is -0.839. The van der Waals surface area contributed by atoms with Gasteiger partial charge < -0.3 is 36.5 Å². The fourth-order valence-electron chi connectivity index (χ4n) is 3.68. The number of guanidine groups is 1. The Bertz CT molecular complexity index is 1390. The zero-order valence-corrected chi connectivity index (χ0v) is 20.9. The third-order valence-corrected chi connectivity index (χ3v) is 5.63. The number of aliphatic imine (C=N–C) groups is 1. The summed E-state index contributed by atoms with van der Waals surface area (Å²) in [5, 5.41) is 0.373. The number of nitrogens with zero attached hydrogens (tertiary/aromatic N) is 6. The van der Waals surface area contributed by atoms with E-state index in [0.717, 1.165) is 0 Å². The fourth-order valence-corrected chi connectivity index (χ4v) is 3.93. The lowest BCUT2D eigenvalue weighted by molar-refractivity contribution is 0.0998. The van der Waals surface area contributed by atoms with Crippen LogP contribution in [-0.4, -0.2) is 72.2 Å². The SMILES string of the molecule is COc1cc2nc(N3CCN(c4nc(N)c(C(=O)N=C(N)N)nc4Cl)CC3)[nH]c(=O)c2cc1OC.Cl. The number of nitrogens with one attached hydrogen (secondary N) is 1. The normalized spacial score (nSPS) is 13.2. The number of benzene rings is 1. The maximum absolute atomic E-state index is 12.7. The molecule has 16 heteroatoms. The van der Waals surface area contributed by atoms with Gasteiger partial charge in [-0.2, -0.15) is 4.99 Å². The number of fused-ring (bicyclic) bond motifs is 1. The highest BCUT2D eigenvalue weighted by atomic mass is 35.5. The highest BCUT2D eigenvalue weighted by molar-refractivity contribution is 6.32. The van der Waals surface area contributed by atoms with Crippen molar-refractivity contribution in [2.45, 2.75) is 0 Å². The van der Waals surface area contributed by atoms with Crippen molar-refractivity contribution in [2.75, 3.05) is 55.9 Å². The number of aromatic nitrogens is 4. The molecule has 1 aliphatic heterocycles. The predicted octanol–water partition coefficient (Wildman–Crippen LogP) is 0.128. The van der Waals surface area contributed by atoms with Gasteiger partial charge in [0.1, 0.15) is 0 Å². The molecule has 7 N–H and O–H groups in total. The lowest BCUT2D eigenvalue weighted by atomic mass is 10.2. The van der Waals surface area contributed by atoms with Crippen molar-refractivity contribution in [1.82, 2.24) is 19.9 Å². The first kappa shape index (κ1) is 26.6. The molecular formula is C20H24Cl2N10O4. The largest absolute Gasteiger partial charge is 0.493 e. The number of aromatic amines is 1. The van der Waals surface area contributed by atoms with Gasteiger partial charge in [0.15, 0.2) is 39.9 Å². The molecule has 0 radical (unpaired) electrons. The minimum absolute atomic E-state index is 0. The third-order valence-electron chi connectivity index (χ3n) is 5.37. The molecule has 3 heterocycles. The smallest absolute Gasteiger partial charge is 0.302 e. The monoisotopic (exact) mass is 538 g/mol. The van der Waals surface area contributed by atoms with Crippen LogP contribution in [0.5, 0.6) is 11.5 Å². The number of H-pyrrole nitrogens is 1. The van der Waals surface area contributed by atoms with Gasteiger partial charge in [-0.05, 0) is 6.07 Å². The number of nitrogens with two attached hydrogens (primary N) is 3. The quantitative estimate of drug-likeness (QED) is 0.252. The molecule has 1 saturated heterocycles. The first-order valence-corrected chi connectivity index (χ1v) is 10.7. The van der Waals surface area contributed by atoms with Crippen LogP contribution in [0.1, 0.15) is 10.5 Å². The van der Waals surface area contributed by atoms with Gasteiger partial charge in [-0.25, -0.2) is 15.0 Å². The molecule has 0 bridgehead atoms. The van der Waals surface area contributed by atoms with Crippen molar-refractivity contribution in [1.29, 1.82) is 0 Å². The molecule has 192 valence electrons. The van der Waals surface area contributed by atoms with Gasteiger partial charge in [-0.15, -0.1) is 12.4 Å². The van der Waals surface area contributed by atoms with Crippen molar-refractivity contribution >= 4 is 64.4 Å². The fraction of sp³-hybridized carbons (Fsp3) is 0.300. The molecule has 1 fully saturated rings. The number of carbonyl (C=O) groups excluding carboxylic acids is 1. The standard InChI is InChI=1S/C20H23ClN10O4.ClH/c1-34-11-7-9-10(8-12(11)35-2)25-20(29-17(9)32)31-5-3-30(4-6-31)16-14(21)26-13(15(22)27-16)18(33)28-19(23)24;/h7-8H,3-6H2,1-2H3,(H2,22,27)(H,25,29,32)(H4,23,24,28,33);1H. The summed E-state index contributed by atoms with van der Waals surface area (Å²) in [4.78, 5) is 47.6. The van der Waals surface area contributed by atoms with E-state index in [1.807, 2.05) is 9.80 Å².